The van der Waals surface area contributed by atoms with Crippen LogP contribution >= 0.6 is 0 Å². The summed E-state index contributed by atoms with van der Waals surface area (Å²) in [7, 11) is 2.95. The maximum atomic E-state index is 11.4. The van der Waals surface area contributed by atoms with Gasteiger partial charge in [-0.25, -0.2) is 4.79 Å². The number of hydrogen-bond donors (Lipinski definition) is 0. The highest BCUT2D eigenvalue weighted by atomic mass is 16.5. The summed E-state index contributed by atoms with van der Waals surface area (Å²) < 4.78 is 11.0. The van der Waals surface area contributed by atoms with Gasteiger partial charge in [-0.15, -0.1) is 0 Å². The minimum absolute atomic E-state index is 0.493. The molecule has 0 aliphatic rings. The highest BCUT2D eigenvalue weighted by Crippen LogP contribution is 2.22. The predicted octanol–water partition coefficient (Wildman–Crippen LogP) is 2.48. The van der Waals surface area contributed by atoms with Crippen molar-refractivity contribution in [3.05, 3.63) is 36.0 Å². The summed E-state index contributed by atoms with van der Waals surface area (Å²) in [4.78, 5) is 11.4. The van der Waals surface area contributed by atoms with Crippen LogP contribution in [0.2, 0.25) is 0 Å². The molecule has 0 bridgehead atoms. The largest absolute Gasteiger partial charge is 0.497 e. The molecule has 0 spiro atoms. The molecule has 0 amide bonds. The van der Waals surface area contributed by atoms with E-state index in [1.165, 1.54) is 11.8 Å². The van der Waals surface area contributed by atoms with Gasteiger partial charge in [-0.05, 0) is 37.3 Å². The van der Waals surface area contributed by atoms with Gasteiger partial charge in [0.2, 0.25) is 0 Å². The van der Waals surface area contributed by atoms with Crippen molar-refractivity contribution in [2.75, 3.05) is 14.2 Å². The third-order valence-corrected chi connectivity index (χ3v) is 2.62. The number of carbonyl (C=O) groups is 1. The highest BCUT2D eigenvalue weighted by molar-refractivity contribution is 5.72. The van der Waals surface area contributed by atoms with Gasteiger partial charge in [0.1, 0.15) is 5.75 Å². The standard InChI is InChI=1S/C13H14N2O3/c1-9-8-12(14-15(9)13(16)18-3)10-4-6-11(17-2)7-5-10/h4-8H,1-3H3. The lowest BCUT2D eigenvalue weighted by Crippen LogP contribution is -2.14. The number of methoxy groups -OCH3 is 2. The van der Waals surface area contributed by atoms with Gasteiger partial charge in [-0.2, -0.15) is 9.78 Å². The van der Waals surface area contributed by atoms with Crippen LogP contribution in [0.3, 0.4) is 0 Å². The van der Waals surface area contributed by atoms with Gasteiger partial charge in [0.05, 0.1) is 19.9 Å². The molecular formula is C13H14N2O3. The maximum Gasteiger partial charge on any atom is 0.434 e. The van der Waals surface area contributed by atoms with Gasteiger partial charge >= 0.3 is 6.09 Å². The van der Waals surface area contributed by atoms with Crippen molar-refractivity contribution < 1.29 is 14.3 Å². The Bertz CT molecular complexity index is 558. The third kappa shape index (κ3) is 2.20. The Morgan fingerprint density at radius 2 is 1.89 bits per heavy atom. The number of aryl methyl sites for hydroxylation is 1. The second-order valence-corrected chi connectivity index (χ2v) is 3.78. The van der Waals surface area contributed by atoms with Crippen molar-refractivity contribution in [1.29, 1.82) is 0 Å². The normalized spacial score (nSPS) is 10.2. The van der Waals surface area contributed by atoms with Crippen LogP contribution in [0.5, 0.6) is 5.75 Å². The summed E-state index contributed by atoms with van der Waals surface area (Å²) >= 11 is 0. The first-order valence-corrected chi connectivity index (χ1v) is 5.45. The molecule has 18 heavy (non-hydrogen) atoms. The van der Waals surface area contributed by atoms with Crippen LogP contribution in [0.4, 0.5) is 4.79 Å². The van der Waals surface area contributed by atoms with E-state index in [0.29, 0.717) is 0 Å². The van der Waals surface area contributed by atoms with Crippen LogP contribution < -0.4 is 4.74 Å². The van der Waals surface area contributed by atoms with Crippen LogP contribution in [0.1, 0.15) is 5.69 Å². The van der Waals surface area contributed by atoms with Crippen LogP contribution in [0, 0.1) is 6.92 Å². The molecule has 2 aromatic rings. The maximum absolute atomic E-state index is 11.4. The summed E-state index contributed by atoms with van der Waals surface area (Å²) in [5, 5.41) is 4.21. The van der Waals surface area contributed by atoms with Crippen molar-refractivity contribution in [1.82, 2.24) is 9.78 Å². The molecule has 0 saturated heterocycles. The lowest BCUT2D eigenvalue weighted by molar-refractivity contribution is 0.168. The first kappa shape index (κ1) is 12.2. The zero-order valence-electron chi connectivity index (χ0n) is 10.5. The van der Waals surface area contributed by atoms with Gasteiger partial charge in [0, 0.05) is 11.3 Å². The average Bonchev–Trinajstić information content (AvgIpc) is 2.80. The number of benzene rings is 1. The van der Waals surface area contributed by atoms with Crippen molar-refractivity contribution in [2.24, 2.45) is 0 Å². The monoisotopic (exact) mass is 246 g/mol. The molecule has 2 rings (SSSR count). The number of rotatable bonds is 2. The highest BCUT2D eigenvalue weighted by Gasteiger charge is 2.12. The molecule has 0 radical (unpaired) electrons. The molecule has 5 nitrogen and oxygen atoms in total. The van der Waals surface area contributed by atoms with Gasteiger partial charge in [-0.3, -0.25) is 0 Å². The molecule has 5 heteroatoms. The average molecular weight is 246 g/mol. The molecule has 0 saturated carbocycles. The SMILES string of the molecule is COC(=O)n1nc(-c2ccc(OC)cc2)cc1C. The lowest BCUT2D eigenvalue weighted by Gasteiger charge is -2.01. The van der Waals surface area contributed by atoms with E-state index in [-0.39, 0.29) is 0 Å². The zero-order valence-corrected chi connectivity index (χ0v) is 10.5. The van der Waals surface area contributed by atoms with E-state index in [9.17, 15) is 4.79 Å². The van der Waals surface area contributed by atoms with E-state index in [1.807, 2.05) is 30.3 Å². The fraction of sp³-hybridized carbons (Fsp3) is 0.231. The molecule has 0 N–H and O–H groups in total. The van der Waals surface area contributed by atoms with E-state index in [0.717, 1.165) is 22.7 Å². The second-order valence-electron chi connectivity index (χ2n) is 3.78. The first-order chi connectivity index (χ1) is 8.65. The molecule has 1 aromatic carbocycles. The van der Waals surface area contributed by atoms with E-state index < -0.39 is 6.09 Å². The van der Waals surface area contributed by atoms with Gasteiger partial charge in [0.25, 0.3) is 0 Å². The van der Waals surface area contributed by atoms with E-state index >= 15 is 0 Å². The molecular weight excluding hydrogens is 232 g/mol. The lowest BCUT2D eigenvalue weighted by atomic mass is 10.1. The quantitative estimate of drug-likeness (QED) is 0.816. The molecule has 1 heterocycles. The van der Waals surface area contributed by atoms with Gasteiger partial charge in [-0.1, -0.05) is 0 Å². The summed E-state index contributed by atoms with van der Waals surface area (Å²) in [6, 6.07) is 9.31. The number of carbonyl (C=O) groups excluding carboxylic acids is 1. The summed E-state index contributed by atoms with van der Waals surface area (Å²) in [6.45, 7) is 1.80. The van der Waals surface area contributed by atoms with E-state index in [2.05, 4.69) is 9.84 Å². The Hall–Kier alpha value is -2.30. The van der Waals surface area contributed by atoms with Crippen LogP contribution in [-0.4, -0.2) is 30.1 Å². The van der Waals surface area contributed by atoms with Gasteiger partial charge < -0.3 is 9.47 Å². The van der Waals surface area contributed by atoms with Crippen molar-refractivity contribution in [3.8, 4) is 17.0 Å². The Labute approximate surface area is 105 Å². The number of ether oxygens (including phenoxy) is 2. The molecule has 0 aliphatic heterocycles. The third-order valence-electron chi connectivity index (χ3n) is 2.62. The zero-order chi connectivity index (χ0) is 13.1. The number of nitrogens with zero attached hydrogens (tertiary/aromatic N) is 2. The molecule has 0 atom stereocenters. The summed E-state index contributed by atoms with van der Waals surface area (Å²) in [5.74, 6) is 0.780. The van der Waals surface area contributed by atoms with Crippen LogP contribution in [0.25, 0.3) is 11.3 Å². The Balaban J connectivity index is 2.36. The summed E-state index contributed by atoms with van der Waals surface area (Å²) in [6.07, 6.45) is -0.493. The molecule has 1 aromatic heterocycles. The molecule has 94 valence electrons. The number of aromatic nitrogens is 2. The van der Waals surface area contributed by atoms with E-state index in [1.54, 1.807) is 14.0 Å². The Morgan fingerprint density at radius 3 is 2.44 bits per heavy atom. The van der Waals surface area contributed by atoms with E-state index in [4.69, 9.17) is 4.74 Å². The van der Waals surface area contributed by atoms with Gasteiger partial charge in [0.15, 0.2) is 0 Å². The minimum Gasteiger partial charge on any atom is -0.497 e. The molecule has 0 aliphatic carbocycles. The van der Waals surface area contributed by atoms with Crippen LogP contribution in [-0.2, 0) is 4.74 Å². The van der Waals surface area contributed by atoms with Crippen LogP contribution in [0.15, 0.2) is 30.3 Å². The van der Waals surface area contributed by atoms with Crippen molar-refractivity contribution >= 4 is 6.09 Å². The van der Waals surface area contributed by atoms with Crippen molar-refractivity contribution in [3.63, 3.8) is 0 Å². The Morgan fingerprint density at radius 1 is 1.22 bits per heavy atom. The fourth-order valence-electron chi connectivity index (χ4n) is 1.65. The van der Waals surface area contributed by atoms with Crippen molar-refractivity contribution in [2.45, 2.75) is 6.92 Å². The smallest absolute Gasteiger partial charge is 0.434 e. The topological polar surface area (TPSA) is 53.4 Å². The molecule has 0 fully saturated rings. The fourth-order valence-corrected chi connectivity index (χ4v) is 1.65. The second kappa shape index (κ2) is 4.91. The molecule has 0 unspecified atom stereocenters. The first-order valence-electron chi connectivity index (χ1n) is 5.45. The minimum atomic E-state index is -0.493. The Kier molecular flexibility index (Phi) is 3.32. The predicted molar refractivity (Wildman–Crippen MR) is 66.8 cm³/mol. The summed E-state index contributed by atoms with van der Waals surface area (Å²) in [5.41, 5.74) is 2.37. The number of hydrogen-bond acceptors (Lipinski definition) is 4.